The van der Waals surface area contributed by atoms with E-state index in [1.165, 1.54) is 32.1 Å². The van der Waals surface area contributed by atoms with Crippen LogP contribution in [0.25, 0.3) is 5.52 Å². The fourth-order valence-corrected chi connectivity index (χ4v) is 2.86. The molecular weight excluding hydrogens is 228 g/mol. The molecular formula is C13H18N4O. The average molecular weight is 246 g/mol. The second-order valence-corrected chi connectivity index (χ2v) is 5.19. The molecule has 0 bridgehead atoms. The van der Waals surface area contributed by atoms with Gasteiger partial charge >= 0.3 is 0 Å². The number of hydrogen-bond acceptors (Lipinski definition) is 3. The highest BCUT2D eigenvalue weighted by Gasteiger charge is 2.17. The molecule has 0 saturated heterocycles. The van der Waals surface area contributed by atoms with Crippen LogP contribution in [0.2, 0.25) is 0 Å². The second-order valence-electron chi connectivity index (χ2n) is 5.19. The summed E-state index contributed by atoms with van der Waals surface area (Å²) in [5.74, 6) is 1.40. The van der Waals surface area contributed by atoms with Crippen LogP contribution >= 0.6 is 0 Å². The molecule has 0 N–H and O–H groups in total. The summed E-state index contributed by atoms with van der Waals surface area (Å²) in [4.78, 5) is 16.3. The monoisotopic (exact) mass is 246 g/mol. The second kappa shape index (κ2) is 4.55. The predicted octanol–water partition coefficient (Wildman–Crippen LogP) is 1.78. The Hall–Kier alpha value is -1.65. The summed E-state index contributed by atoms with van der Waals surface area (Å²) >= 11 is 0. The minimum atomic E-state index is 0.0329. The third kappa shape index (κ3) is 1.94. The van der Waals surface area contributed by atoms with E-state index in [1.807, 2.05) is 11.5 Å². The molecule has 1 aliphatic carbocycles. The Bertz CT molecular complexity index is 607. The molecule has 0 amide bonds. The van der Waals surface area contributed by atoms with Gasteiger partial charge in [-0.25, -0.2) is 9.50 Å². The zero-order chi connectivity index (χ0) is 12.5. The number of rotatable bonds is 2. The molecule has 0 unspecified atom stereocenters. The topological polar surface area (TPSA) is 52.2 Å². The Morgan fingerprint density at radius 3 is 2.89 bits per heavy atom. The average Bonchev–Trinajstić information content (AvgIpc) is 2.84. The Morgan fingerprint density at radius 1 is 1.33 bits per heavy atom. The van der Waals surface area contributed by atoms with Crippen LogP contribution < -0.4 is 5.56 Å². The van der Waals surface area contributed by atoms with E-state index in [1.54, 1.807) is 17.0 Å². The van der Waals surface area contributed by atoms with E-state index in [2.05, 4.69) is 10.1 Å². The quantitative estimate of drug-likeness (QED) is 0.811. The van der Waals surface area contributed by atoms with Crippen molar-refractivity contribution in [1.82, 2.24) is 19.2 Å². The van der Waals surface area contributed by atoms with E-state index in [4.69, 9.17) is 0 Å². The molecule has 0 aliphatic heterocycles. The van der Waals surface area contributed by atoms with Crippen LogP contribution in [-0.2, 0) is 6.54 Å². The Kier molecular flexibility index (Phi) is 2.89. The molecule has 0 spiro atoms. The van der Waals surface area contributed by atoms with Gasteiger partial charge in [-0.3, -0.25) is 9.36 Å². The molecule has 18 heavy (non-hydrogen) atoms. The first-order valence-corrected chi connectivity index (χ1v) is 6.65. The summed E-state index contributed by atoms with van der Waals surface area (Å²) in [6.45, 7) is 2.70. The third-order valence-corrected chi connectivity index (χ3v) is 3.89. The number of aryl methyl sites for hydroxylation is 1. The molecule has 3 rings (SSSR count). The summed E-state index contributed by atoms with van der Waals surface area (Å²) < 4.78 is 3.38. The van der Waals surface area contributed by atoms with Crippen LogP contribution in [0.1, 0.15) is 37.9 Å². The summed E-state index contributed by atoms with van der Waals surface area (Å²) in [7, 11) is 0. The van der Waals surface area contributed by atoms with Crippen LogP contribution in [0, 0.1) is 12.8 Å². The van der Waals surface area contributed by atoms with Crippen molar-refractivity contribution in [3.05, 3.63) is 28.7 Å². The van der Waals surface area contributed by atoms with Gasteiger partial charge in [-0.05, 0) is 25.7 Å². The molecule has 1 aliphatic rings. The van der Waals surface area contributed by atoms with E-state index in [0.29, 0.717) is 11.4 Å². The Balaban J connectivity index is 1.97. The number of hydrogen-bond donors (Lipinski definition) is 0. The highest BCUT2D eigenvalue weighted by Crippen LogP contribution is 2.24. The van der Waals surface area contributed by atoms with E-state index in [0.717, 1.165) is 12.4 Å². The smallest absolute Gasteiger partial charge is 0.279 e. The first-order valence-electron chi connectivity index (χ1n) is 6.65. The van der Waals surface area contributed by atoms with E-state index in [9.17, 15) is 4.79 Å². The van der Waals surface area contributed by atoms with Gasteiger partial charge in [-0.2, -0.15) is 5.10 Å². The zero-order valence-electron chi connectivity index (χ0n) is 10.7. The van der Waals surface area contributed by atoms with Crippen molar-refractivity contribution in [1.29, 1.82) is 0 Å². The van der Waals surface area contributed by atoms with Crippen molar-refractivity contribution in [2.45, 2.75) is 45.6 Å². The fraction of sp³-hybridized carbons (Fsp3) is 0.615. The van der Waals surface area contributed by atoms with Crippen LogP contribution in [0.5, 0.6) is 0 Å². The van der Waals surface area contributed by atoms with Gasteiger partial charge in [0.1, 0.15) is 17.7 Å². The summed E-state index contributed by atoms with van der Waals surface area (Å²) in [5, 5.41) is 4.38. The maximum Gasteiger partial charge on any atom is 0.279 e. The number of fused-ring (bicyclic) bond motifs is 1. The lowest BCUT2D eigenvalue weighted by molar-refractivity contribution is 0.311. The van der Waals surface area contributed by atoms with Gasteiger partial charge in [0.05, 0.1) is 6.20 Å². The molecule has 2 aromatic rings. The summed E-state index contributed by atoms with van der Waals surface area (Å²) in [6, 6.07) is 0. The summed E-state index contributed by atoms with van der Waals surface area (Å²) in [5.41, 5.74) is 0.599. The predicted molar refractivity (Wildman–Crippen MR) is 68.6 cm³/mol. The Labute approximate surface area is 105 Å². The van der Waals surface area contributed by atoms with E-state index in [-0.39, 0.29) is 5.56 Å². The highest BCUT2D eigenvalue weighted by molar-refractivity contribution is 5.40. The molecule has 1 fully saturated rings. The minimum absolute atomic E-state index is 0.0329. The maximum atomic E-state index is 12.3. The molecule has 1 saturated carbocycles. The number of nitrogens with zero attached hydrogens (tertiary/aromatic N) is 4. The Morgan fingerprint density at radius 2 is 2.11 bits per heavy atom. The first kappa shape index (κ1) is 11.4. The largest absolute Gasteiger partial charge is 0.293 e. The third-order valence-electron chi connectivity index (χ3n) is 3.89. The van der Waals surface area contributed by atoms with Crippen LogP contribution in [0.4, 0.5) is 0 Å². The van der Waals surface area contributed by atoms with Crippen molar-refractivity contribution in [2.24, 2.45) is 5.92 Å². The van der Waals surface area contributed by atoms with Gasteiger partial charge in [-0.15, -0.1) is 0 Å². The van der Waals surface area contributed by atoms with E-state index < -0.39 is 0 Å². The van der Waals surface area contributed by atoms with Gasteiger partial charge < -0.3 is 0 Å². The number of aromatic nitrogens is 4. The fourth-order valence-electron chi connectivity index (χ4n) is 2.86. The zero-order valence-corrected chi connectivity index (χ0v) is 10.7. The van der Waals surface area contributed by atoms with Gasteiger partial charge in [0, 0.05) is 6.54 Å². The molecule has 0 radical (unpaired) electrons. The normalized spacial score (nSPS) is 17.4. The molecule has 2 aromatic heterocycles. The molecule has 0 aromatic carbocycles. The molecule has 2 heterocycles. The first-order chi connectivity index (χ1) is 8.75. The van der Waals surface area contributed by atoms with Crippen molar-refractivity contribution in [2.75, 3.05) is 0 Å². The maximum absolute atomic E-state index is 12.3. The lowest BCUT2D eigenvalue weighted by Crippen LogP contribution is -2.29. The van der Waals surface area contributed by atoms with Gasteiger partial charge in [-0.1, -0.05) is 19.3 Å². The number of imidazole rings is 1. The van der Waals surface area contributed by atoms with Crippen molar-refractivity contribution in [3.8, 4) is 0 Å². The molecule has 5 nitrogen and oxygen atoms in total. The van der Waals surface area contributed by atoms with Gasteiger partial charge in [0.25, 0.3) is 5.56 Å². The molecule has 5 heteroatoms. The van der Waals surface area contributed by atoms with Gasteiger partial charge in [0.15, 0.2) is 0 Å². The highest BCUT2D eigenvalue weighted by atomic mass is 16.1. The van der Waals surface area contributed by atoms with Crippen molar-refractivity contribution in [3.63, 3.8) is 0 Å². The SMILES string of the molecule is Cc1nn2cncc2c(=O)n1CC1CCCCC1. The van der Waals surface area contributed by atoms with E-state index >= 15 is 0 Å². The van der Waals surface area contributed by atoms with Crippen molar-refractivity contribution < 1.29 is 0 Å². The minimum Gasteiger partial charge on any atom is -0.293 e. The molecule has 96 valence electrons. The van der Waals surface area contributed by atoms with Crippen LogP contribution in [0.3, 0.4) is 0 Å². The van der Waals surface area contributed by atoms with Crippen LogP contribution in [0.15, 0.2) is 17.3 Å². The lowest BCUT2D eigenvalue weighted by Gasteiger charge is -2.23. The van der Waals surface area contributed by atoms with Crippen LogP contribution in [-0.4, -0.2) is 19.2 Å². The molecule has 0 atom stereocenters. The standard InChI is InChI=1S/C13H18N4O/c1-10-15-17-9-14-7-12(17)13(18)16(10)8-11-5-3-2-4-6-11/h7,9,11H,2-6,8H2,1H3. The van der Waals surface area contributed by atoms with Crippen molar-refractivity contribution >= 4 is 5.52 Å². The summed E-state index contributed by atoms with van der Waals surface area (Å²) in [6.07, 6.45) is 9.55. The van der Waals surface area contributed by atoms with Gasteiger partial charge in [0.2, 0.25) is 0 Å². The lowest BCUT2D eigenvalue weighted by atomic mass is 9.89.